The summed E-state index contributed by atoms with van der Waals surface area (Å²) in [4.78, 5) is 22.9. The lowest BCUT2D eigenvalue weighted by Crippen LogP contribution is -2.49. The highest BCUT2D eigenvalue weighted by Gasteiger charge is 2.63. The maximum atomic E-state index is 11.6. The first-order chi connectivity index (χ1) is 5.89. The molecule has 1 aliphatic heterocycles. The van der Waals surface area contributed by atoms with Crippen molar-refractivity contribution in [2.24, 2.45) is 16.7 Å². The molecule has 1 aliphatic carbocycles. The van der Waals surface area contributed by atoms with Gasteiger partial charge in [-0.2, -0.15) is 0 Å². The lowest BCUT2D eigenvalue weighted by atomic mass is 9.64. The summed E-state index contributed by atoms with van der Waals surface area (Å²) in [5, 5.41) is 0. The van der Waals surface area contributed by atoms with E-state index in [9.17, 15) is 9.59 Å². The van der Waals surface area contributed by atoms with Gasteiger partial charge in [-0.3, -0.25) is 9.59 Å². The number of carbonyl (C=O) groups is 2. The molecule has 1 saturated carbocycles. The quantitative estimate of drug-likeness (QED) is 0.421. The van der Waals surface area contributed by atoms with Gasteiger partial charge in [0.15, 0.2) is 0 Å². The molecule has 0 unspecified atom stereocenters. The number of carbonyl (C=O) groups excluding carboxylic acids is 2. The number of hydrogen-bond donors (Lipinski definition) is 0. The van der Waals surface area contributed by atoms with E-state index in [2.05, 4.69) is 0 Å². The predicted octanol–water partition coefficient (Wildman–Crippen LogP) is 1.51. The minimum atomic E-state index is -0.453. The highest BCUT2D eigenvalue weighted by molar-refractivity contribution is 5.95. The van der Waals surface area contributed by atoms with E-state index in [-0.39, 0.29) is 23.3 Å². The van der Waals surface area contributed by atoms with E-state index in [1.807, 2.05) is 20.8 Å². The van der Waals surface area contributed by atoms with Crippen molar-refractivity contribution in [1.82, 2.24) is 0 Å². The van der Waals surface area contributed by atoms with Crippen LogP contribution in [0.5, 0.6) is 0 Å². The molecule has 3 nitrogen and oxygen atoms in total. The Bertz CT molecular complexity index is 293. The second-order valence-corrected chi connectivity index (χ2v) is 4.85. The van der Waals surface area contributed by atoms with Crippen molar-refractivity contribution >= 4 is 11.9 Å². The molecule has 0 radical (unpaired) electrons. The Morgan fingerprint density at radius 2 is 1.92 bits per heavy atom. The van der Waals surface area contributed by atoms with Crippen LogP contribution >= 0.6 is 0 Å². The number of fused-ring (bicyclic) bond motifs is 2. The summed E-state index contributed by atoms with van der Waals surface area (Å²) in [6.45, 7) is 5.88. The molecule has 72 valence electrons. The highest BCUT2D eigenvalue weighted by Crippen LogP contribution is 2.59. The Kier molecular flexibility index (Phi) is 1.44. The van der Waals surface area contributed by atoms with Crippen LogP contribution in [0.3, 0.4) is 0 Å². The van der Waals surface area contributed by atoms with Gasteiger partial charge in [0, 0.05) is 0 Å². The van der Waals surface area contributed by atoms with E-state index in [1.165, 1.54) is 0 Å². The van der Waals surface area contributed by atoms with Crippen molar-refractivity contribution < 1.29 is 14.3 Å². The summed E-state index contributed by atoms with van der Waals surface area (Å²) in [5.74, 6) is -0.753. The third-order valence-electron chi connectivity index (χ3n) is 4.15. The number of esters is 2. The summed E-state index contributed by atoms with van der Waals surface area (Å²) in [6, 6.07) is 0. The van der Waals surface area contributed by atoms with Crippen LogP contribution in [0.25, 0.3) is 0 Å². The minimum Gasteiger partial charge on any atom is -0.392 e. The zero-order chi connectivity index (χ0) is 9.85. The maximum absolute atomic E-state index is 11.6. The zero-order valence-electron chi connectivity index (χ0n) is 8.22. The first-order valence-electron chi connectivity index (χ1n) is 4.66. The molecule has 0 aromatic rings. The maximum Gasteiger partial charge on any atom is 0.320 e. The molecule has 0 amide bonds. The summed E-state index contributed by atoms with van der Waals surface area (Å²) in [6.07, 6.45) is 1.56. The third-order valence-corrected chi connectivity index (χ3v) is 4.15. The molecule has 2 aliphatic rings. The van der Waals surface area contributed by atoms with Crippen LogP contribution in [-0.2, 0) is 14.3 Å². The normalized spacial score (nSPS) is 41.9. The van der Waals surface area contributed by atoms with E-state index < -0.39 is 5.41 Å². The Hall–Kier alpha value is -0.860. The van der Waals surface area contributed by atoms with Crippen molar-refractivity contribution in [3.63, 3.8) is 0 Å². The van der Waals surface area contributed by atoms with Gasteiger partial charge in [0.05, 0.1) is 11.3 Å². The fraction of sp³-hybridized carbons (Fsp3) is 0.800. The monoisotopic (exact) mass is 182 g/mol. The fourth-order valence-corrected chi connectivity index (χ4v) is 2.55. The lowest BCUT2D eigenvalue weighted by molar-refractivity contribution is -0.185. The van der Waals surface area contributed by atoms with E-state index in [4.69, 9.17) is 4.74 Å². The van der Waals surface area contributed by atoms with Gasteiger partial charge < -0.3 is 4.74 Å². The van der Waals surface area contributed by atoms with E-state index in [1.54, 1.807) is 0 Å². The summed E-state index contributed by atoms with van der Waals surface area (Å²) in [7, 11) is 0. The van der Waals surface area contributed by atoms with E-state index in [0.29, 0.717) is 0 Å². The molecule has 0 aromatic carbocycles. The van der Waals surface area contributed by atoms with Gasteiger partial charge in [0.25, 0.3) is 0 Å². The second kappa shape index (κ2) is 2.14. The van der Waals surface area contributed by atoms with Gasteiger partial charge in [0.1, 0.15) is 0 Å². The zero-order valence-corrected chi connectivity index (χ0v) is 8.22. The molecule has 0 N–H and O–H groups in total. The van der Waals surface area contributed by atoms with Crippen molar-refractivity contribution in [2.45, 2.75) is 33.6 Å². The van der Waals surface area contributed by atoms with Crippen LogP contribution in [-0.4, -0.2) is 11.9 Å². The number of rotatable bonds is 0. The van der Waals surface area contributed by atoms with E-state index >= 15 is 0 Å². The second-order valence-electron chi connectivity index (χ2n) is 4.85. The molecular weight excluding hydrogens is 168 g/mol. The third kappa shape index (κ3) is 0.798. The lowest BCUT2D eigenvalue weighted by Gasteiger charge is -2.41. The molecule has 0 spiro atoms. The molecule has 2 fully saturated rings. The molecule has 1 saturated heterocycles. The predicted molar refractivity (Wildman–Crippen MR) is 45.7 cm³/mol. The highest BCUT2D eigenvalue weighted by atomic mass is 16.6. The van der Waals surface area contributed by atoms with Crippen LogP contribution in [0, 0.1) is 16.7 Å². The number of hydrogen-bond acceptors (Lipinski definition) is 3. The van der Waals surface area contributed by atoms with Crippen molar-refractivity contribution in [3.8, 4) is 0 Å². The first kappa shape index (κ1) is 8.73. The Morgan fingerprint density at radius 1 is 1.31 bits per heavy atom. The van der Waals surface area contributed by atoms with Crippen LogP contribution in [0.1, 0.15) is 33.6 Å². The largest absolute Gasteiger partial charge is 0.392 e. The average Bonchev–Trinajstić information content (AvgIpc) is 2.16. The molecular formula is C10H14O3. The Labute approximate surface area is 77.4 Å². The van der Waals surface area contributed by atoms with Crippen LogP contribution in [0.15, 0.2) is 0 Å². The number of ether oxygens (including phenoxy) is 1. The average molecular weight is 182 g/mol. The fourth-order valence-electron chi connectivity index (χ4n) is 2.55. The Morgan fingerprint density at radius 3 is 2.54 bits per heavy atom. The van der Waals surface area contributed by atoms with Gasteiger partial charge in [0.2, 0.25) is 0 Å². The van der Waals surface area contributed by atoms with Crippen molar-refractivity contribution in [3.05, 3.63) is 0 Å². The van der Waals surface area contributed by atoms with E-state index in [0.717, 1.165) is 12.8 Å². The van der Waals surface area contributed by atoms with Crippen molar-refractivity contribution in [2.75, 3.05) is 0 Å². The smallest absolute Gasteiger partial charge is 0.320 e. The summed E-state index contributed by atoms with van der Waals surface area (Å²) < 4.78 is 4.73. The molecule has 1 heterocycles. The SMILES string of the molecule is CC1(C)[C@H]2CC[C@@]1(C)C(=O)OC2=O. The van der Waals surface area contributed by atoms with Crippen LogP contribution in [0.2, 0.25) is 0 Å². The molecule has 13 heavy (non-hydrogen) atoms. The molecule has 2 atom stereocenters. The first-order valence-corrected chi connectivity index (χ1v) is 4.66. The standard InChI is InChI=1S/C10H14O3/c1-9(2)6-4-5-10(9,3)8(12)13-7(6)11/h6H,4-5H2,1-3H3/t6-,10-/m0/s1. The summed E-state index contributed by atoms with van der Waals surface area (Å²) in [5.41, 5.74) is -0.689. The number of cyclic esters (lactones) is 2. The van der Waals surface area contributed by atoms with Gasteiger partial charge in [-0.1, -0.05) is 13.8 Å². The minimum absolute atomic E-state index is 0.0878. The molecule has 2 rings (SSSR count). The Balaban J connectivity index is 2.51. The van der Waals surface area contributed by atoms with Gasteiger partial charge in [-0.15, -0.1) is 0 Å². The van der Waals surface area contributed by atoms with Crippen LogP contribution < -0.4 is 0 Å². The molecule has 2 bridgehead atoms. The van der Waals surface area contributed by atoms with Gasteiger partial charge in [-0.05, 0) is 25.2 Å². The molecule has 0 aromatic heterocycles. The summed E-state index contributed by atoms with van der Waals surface area (Å²) >= 11 is 0. The molecule has 3 heteroatoms. The van der Waals surface area contributed by atoms with Crippen LogP contribution in [0.4, 0.5) is 0 Å². The van der Waals surface area contributed by atoms with Crippen molar-refractivity contribution in [1.29, 1.82) is 0 Å². The van der Waals surface area contributed by atoms with Gasteiger partial charge in [-0.25, -0.2) is 0 Å². The van der Waals surface area contributed by atoms with Gasteiger partial charge >= 0.3 is 11.9 Å². The topological polar surface area (TPSA) is 43.4 Å².